The number of hydrogen-bond donors (Lipinski definition) is 2. The molecule has 3 aromatic carbocycles. The molecule has 2 N–H and O–H groups in total. The van der Waals surface area contributed by atoms with Crippen LogP contribution in [0.4, 0.5) is 21.5 Å². The molecule has 44 heavy (non-hydrogen) atoms. The van der Waals surface area contributed by atoms with Crippen LogP contribution in [0.2, 0.25) is 0 Å². The van der Waals surface area contributed by atoms with Crippen molar-refractivity contribution in [2.75, 3.05) is 28.2 Å². The molecular formula is C32H29FN4O5S2. The van der Waals surface area contributed by atoms with E-state index in [1.54, 1.807) is 12.1 Å². The smallest absolute Gasteiger partial charge is 0.308 e. The quantitative estimate of drug-likeness (QED) is 0.207. The first-order chi connectivity index (χ1) is 21.2. The predicted molar refractivity (Wildman–Crippen MR) is 169 cm³/mol. The first kappa shape index (κ1) is 29.6. The number of carbonyl (C=O) groups excluding carboxylic acids is 3. The van der Waals surface area contributed by atoms with Crippen molar-refractivity contribution in [2.24, 2.45) is 5.92 Å². The van der Waals surface area contributed by atoms with Crippen LogP contribution in [0.1, 0.15) is 30.2 Å². The lowest BCUT2D eigenvalue weighted by molar-refractivity contribution is -0.122. The van der Waals surface area contributed by atoms with Gasteiger partial charge in [-0.15, -0.1) is 0 Å². The Labute approximate surface area is 260 Å². The molecule has 1 fully saturated rings. The van der Waals surface area contributed by atoms with E-state index in [9.17, 15) is 28.7 Å². The number of thioether (sulfide) groups is 1. The topological polar surface area (TPSA) is 112 Å². The number of thiazole rings is 1. The van der Waals surface area contributed by atoms with E-state index in [0.717, 1.165) is 52.3 Å². The predicted octanol–water partition coefficient (Wildman–Crippen LogP) is 5.04. The lowest BCUT2D eigenvalue weighted by Gasteiger charge is -2.31. The Morgan fingerprint density at radius 1 is 0.932 bits per heavy atom. The Hall–Kier alpha value is -4.42. The minimum atomic E-state index is -0.854. The molecule has 0 bridgehead atoms. The van der Waals surface area contributed by atoms with Crippen LogP contribution in [0.5, 0.6) is 5.75 Å². The average molecular weight is 633 g/mol. The van der Waals surface area contributed by atoms with Gasteiger partial charge in [-0.2, -0.15) is 0 Å². The fourth-order valence-electron chi connectivity index (χ4n) is 5.83. The number of anilines is 3. The number of nitrogens with one attached hydrogen (secondary N) is 1. The maximum Gasteiger partial charge on any atom is 0.308 e. The van der Waals surface area contributed by atoms with Gasteiger partial charge in [0.1, 0.15) is 23.4 Å². The highest BCUT2D eigenvalue weighted by Crippen LogP contribution is 2.54. The maximum atomic E-state index is 14.0. The van der Waals surface area contributed by atoms with E-state index in [1.165, 1.54) is 41.0 Å². The van der Waals surface area contributed by atoms with Gasteiger partial charge in [-0.25, -0.2) is 9.29 Å². The molecule has 3 atom stereocenters. The van der Waals surface area contributed by atoms with Crippen molar-refractivity contribution in [3.05, 3.63) is 98.7 Å². The molecule has 1 aromatic heterocycles. The number of rotatable bonds is 8. The zero-order valence-corrected chi connectivity index (χ0v) is 25.5. The van der Waals surface area contributed by atoms with Crippen LogP contribution in [-0.2, 0) is 20.9 Å². The zero-order valence-electron chi connectivity index (χ0n) is 23.9. The number of fused-ring (bicyclic) bond motifs is 2. The van der Waals surface area contributed by atoms with Gasteiger partial charge in [0.25, 0.3) is 0 Å². The summed E-state index contributed by atoms with van der Waals surface area (Å²) in [5.74, 6) is -3.17. The molecule has 6 rings (SSSR count). The zero-order chi connectivity index (χ0) is 31.1. The summed E-state index contributed by atoms with van der Waals surface area (Å²) in [7, 11) is 0. The van der Waals surface area contributed by atoms with Gasteiger partial charge >= 0.3 is 4.87 Å². The second-order valence-electron chi connectivity index (χ2n) is 10.5. The van der Waals surface area contributed by atoms with Crippen LogP contribution >= 0.6 is 23.1 Å². The first-order valence-corrected chi connectivity index (χ1v) is 15.9. The Balaban J connectivity index is 1.41. The number of hydrogen-bond acceptors (Lipinski definition) is 8. The number of carbonyl (C=O) groups is 3. The Morgan fingerprint density at radius 3 is 2.23 bits per heavy atom. The number of benzene rings is 3. The van der Waals surface area contributed by atoms with E-state index in [4.69, 9.17) is 0 Å². The highest BCUT2D eigenvalue weighted by Gasteiger charge is 2.56. The Kier molecular flexibility index (Phi) is 8.04. The van der Waals surface area contributed by atoms with E-state index in [0.29, 0.717) is 15.6 Å². The van der Waals surface area contributed by atoms with E-state index in [2.05, 4.69) is 24.1 Å². The lowest BCUT2D eigenvalue weighted by atomic mass is 9.83. The molecule has 0 radical (unpaired) electrons. The van der Waals surface area contributed by atoms with Gasteiger partial charge in [-0.05, 0) is 80.1 Å². The van der Waals surface area contributed by atoms with E-state index in [-0.39, 0.29) is 22.9 Å². The number of aromatic nitrogens is 1. The van der Waals surface area contributed by atoms with Crippen molar-refractivity contribution in [3.63, 3.8) is 0 Å². The third kappa shape index (κ3) is 5.28. The number of halogens is 1. The normalized spacial score (nSPS) is 19.1. The van der Waals surface area contributed by atoms with Crippen LogP contribution in [0.3, 0.4) is 0 Å². The van der Waals surface area contributed by atoms with E-state index >= 15 is 0 Å². The molecule has 2 aliphatic rings. The number of nitrogens with zero attached hydrogens (tertiary/aromatic N) is 3. The molecule has 3 unspecified atom stereocenters. The van der Waals surface area contributed by atoms with Crippen molar-refractivity contribution in [1.29, 1.82) is 0 Å². The maximum absolute atomic E-state index is 14.0. The van der Waals surface area contributed by atoms with Crippen molar-refractivity contribution in [3.8, 4) is 5.75 Å². The largest absolute Gasteiger partial charge is 0.508 e. The van der Waals surface area contributed by atoms with Crippen molar-refractivity contribution in [2.45, 2.75) is 36.6 Å². The standard InChI is InChI=1S/C32H29FN4O5S2/c1-3-35(4-2)21-11-5-18(6-12-21)25-26-27(30(41)37(29(26)40)22-13-7-19(33)8-14-22)43-31-28(25)44-32(42)36(31)17-24(39)34-20-9-15-23(38)16-10-20/h5-16,25-27,38H,3-4,17H2,1-2H3,(H,34,39). The minimum Gasteiger partial charge on any atom is -0.508 e. The summed E-state index contributed by atoms with van der Waals surface area (Å²) < 4.78 is 15.0. The number of phenolic OH excluding ortho intramolecular Hbond substituents is 1. The van der Waals surface area contributed by atoms with Crippen molar-refractivity contribution >= 4 is 57.9 Å². The lowest BCUT2D eigenvalue weighted by Crippen LogP contribution is -2.33. The van der Waals surface area contributed by atoms with Gasteiger partial charge in [0.05, 0.1) is 16.6 Å². The van der Waals surface area contributed by atoms with E-state index in [1.807, 2.05) is 24.3 Å². The van der Waals surface area contributed by atoms with Crippen LogP contribution < -0.4 is 20.0 Å². The number of aromatic hydroxyl groups is 1. The van der Waals surface area contributed by atoms with Crippen LogP contribution in [-0.4, -0.2) is 45.7 Å². The molecule has 1 saturated heterocycles. The van der Waals surface area contributed by atoms with Gasteiger partial charge in [0.2, 0.25) is 17.7 Å². The molecule has 226 valence electrons. The minimum absolute atomic E-state index is 0.0544. The fraction of sp³-hybridized carbons (Fsp3) is 0.250. The fourth-order valence-corrected chi connectivity index (χ4v) is 8.60. The van der Waals surface area contributed by atoms with E-state index < -0.39 is 40.6 Å². The summed E-state index contributed by atoms with van der Waals surface area (Å²) in [5.41, 5.74) is 2.53. The Morgan fingerprint density at radius 2 is 1.59 bits per heavy atom. The highest BCUT2D eigenvalue weighted by molar-refractivity contribution is 8.00. The summed E-state index contributed by atoms with van der Waals surface area (Å²) in [5, 5.41) is 11.9. The molecular weight excluding hydrogens is 604 g/mol. The molecule has 9 nitrogen and oxygen atoms in total. The number of amides is 3. The molecule has 4 aromatic rings. The molecule has 0 aliphatic carbocycles. The van der Waals surface area contributed by atoms with Crippen LogP contribution in [0, 0.1) is 11.7 Å². The summed E-state index contributed by atoms with van der Waals surface area (Å²) in [4.78, 5) is 57.8. The first-order valence-electron chi connectivity index (χ1n) is 14.2. The summed E-state index contributed by atoms with van der Waals surface area (Å²) in [6.45, 7) is 5.48. The summed E-state index contributed by atoms with van der Waals surface area (Å²) in [6, 6.07) is 19.0. The summed E-state index contributed by atoms with van der Waals surface area (Å²) >= 11 is 2.09. The third-order valence-electron chi connectivity index (χ3n) is 7.97. The van der Waals surface area contributed by atoms with Gasteiger partial charge in [-0.3, -0.25) is 23.7 Å². The van der Waals surface area contributed by atoms with Gasteiger partial charge < -0.3 is 15.3 Å². The average Bonchev–Trinajstić information content (AvgIpc) is 3.46. The molecule has 2 aliphatic heterocycles. The number of phenols is 1. The second kappa shape index (κ2) is 11.9. The second-order valence-corrected chi connectivity index (χ2v) is 12.6. The Bertz CT molecular complexity index is 1780. The van der Waals surface area contributed by atoms with Gasteiger partial charge in [-0.1, -0.05) is 35.2 Å². The van der Waals surface area contributed by atoms with Gasteiger partial charge in [0.15, 0.2) is 0 Å². The molecule has 0 spiro atoms. The molecule has 3 heterocycles. The summed E-state index contributed by atoms with van der Waals surface area (Å²) in [6.07, 6.45) is 0. The molecule has 0 saturated carbocycles. The van der Waals surface area contributed by atoms with Gasteiger partial charge in [0, 0.05) is 35.3 Å². The van der Waals surface area contributed by atoms with Crippen LogP contribution in [0.25, 0.3) is 0 Å². The molecule has 12 heteroatoms. The van der Waals surface area contributed by atoms with Crippen molar-refractivity contribution < 1.29 is 23.9 Å². The SMILES string of the molecule is CCN(CC)c1ccc(C2c3sc(=O)n(CC(=O)Nc4ccc(O)cc4)c3SC3C(=O)N(c4ccc(F)cc4)C(=O)C32)cc1. The monoisotopic (exact) mass is 632 g/mol. The highest BCUT2D eigenvalue weighted by atomic mass is 32.2. The third-order valence-corrected chi connectivity index (χ3v) is 10.6. The number of imide groups is 1. The molecule has 3 amide bonds. The van der Waals surface area contributed by atoms with Crippen molar-refractivity contribution in [1.82, 2.24) is 4.57 Å². The van der Waals surface area contributed by atoms with Crippen LogP contribution in [0.15, 0.2) is 82.6 Å².